The zero-order valence-electron chi connectivity index (χ0n) is 12.8. The first-order valence-electron chi connectivity index (χ1n) is 7.32. The summed E-state index contributed by atoms with van der Waals surface area (Å²) >= 11 is 1.79. The summed E-state index contributed by atoms with van der Waals surface area (Å²) in [6.07, 6.45) is 4.61. The van der Waals surface area contributed by atoms with Crippen molar-refractivity contribution in [3.05, 3.63) is 23.8 Å². The SMILES string of the molecule is CCC(CC)CN(CC)c1cccc(SC)c1CN. The van der Waals surface area contributed by atoms with Gasteiger partial charge in [0, 0.05) is 35.8 Å². The molecule has 0 aliphatic heterocycles. The summed E-state index contributed by atoms with van der Waals surface area (Å²) in [5.41, 5.74) is 8.59. The molecule has 0 unspecified atom stereocenters. The van der Waals surface area contributed by atoms with Crippen molar-refractivity contribution in [2.75, 3.05) is 24.2 Å². The van der Waals surface area contributed by atoms with Crippen LogP contribution in [0, 0.1) is 5.92 Å². The third-order valence-electron chi connectivity index (χ3n) is 3.89. The van der Waals surface area contributed by atoms with Crippen LogP contribution in [0.1, 0.15) is 39.2 Å². The first-order valence-corrected chi connectivity index (χ1v) is 8.55. The summed E-state index contributed by atoms with van der Waals surface area (Å²) in [7, 11) is 0. The third kappa shape index (κ3) is 4.15. The molecular formula is C16H28N2S. The number of benzene rings is 1. The second-order valence-electron chi connectivity index (χ2n) is 4.88. The smallest absolute Gasteiger partial charge is 0.0423 e. The lowest BCUT2D eigenvalue weighted by molar-refractivity contribution is 0.485. The normalized spacial score (nSPS) is 11.1. The van der Waals surface area contributed by atoms with Crippen molar-refractivity contribution in [2.24, 2.45) is 11.7 Å². The predicted octanol–water partition coefficient (Wildman–Crippen LogP) is 4.13. The number of hydrogen-bond acceptors (Lipinski definition) is 3. The molecule has 0 aromatic heterocycles. The van der Waals surface area contributed by atoms with Crippen molar-refractivity contribution in [3.63, 3.8) is 0 Å². The molecule has 0 saturated carbocycles. The van der Waals surface area contributed by atoms with Gasteiger partial charge in [0.15, 0.2) is 0 Å². The Labute approximate surface area is 122 Å². The Morgan fingerprint density at radius 2 is 1.89 bits per heavy atom. The molecule has 0 bridgehead atoms. The van der Waals surface area contributed by atoms with Gasteiger partial charge in [-0.1, -0.05) is 32.8 Å². The fourth-order valence-corrected chi connectivity index (χ4v) is 3.15. The van der Waals surface area contributed by atoms with Crippen LogP contribution in [-0.2, 0) is 6.54 Å². The highest BCUT2D eigenvalue weighted by Gasteiger charge is 2.15. The van der Waals surface area contributed by atoms with E-state index in [9.17, 15) is 0 Å². The van der Waals surface area contributed by atoms with Crippen molar-refractivity contribution >= 4 is 17.4 Å². The summed E-state index contributed by atoms with van der Waals surface area (Å²) in [5.74, 6) is 0.767. The van der Waals surface area contributed by atoms with Crippen LogP contribution in [0.2, 0.25) is 0 Å². The van der Waals surface area contributed by atoms with E-state index >= 15 is 0 Å². The number of hydrogen-bond donors (Lipinski definition) is 1. The Morgan fingerprint density at radius 3 is 2.37 bits per heavy atom. The molecule has 0 radical (unpaired) electrons. The Hall–Kier alpha value is -0.670. The summed E-state index contributed by atoms with van der Waals surface area (Å²) < 4.78 is 0. The average molecular weight is 280 g/mol. The van der Waals surface area contributed by atoms with Gasteiger partial charge in [0.05, 0.1) is 0 Å². The van der Waals surface area contributed by atoms with Gasteiger partial charge >= 0.3 is 0 Å². The lowest BCUT2D eigenvalue weighted by atomic mass is 10.0. The van der Waals surface area contributed by atoms with Crippen LogP contribution >= 0.6 is 11.8 Å². The van der Waals surface area contributed by atoms with Crippen LogP contribution < -0.4 is 10.6 Å². The van der Waals surface area contributed by atoms with E-state index in [1.165, 1.54) is 29.0 Å². The van der Waals surface area contributed by atoms with E-state index in [-0.39, 0.29) is 0 Å². The molecule has 1 rings (SSSR count). The summed E-state index contributed by atoms with van der Waals surface area (Å²) in [5, 5.41) is 0. The third-order valence-corrected chi connectivity index (χ3v) is 4.71. The standard InChI is InChI=1S/C16H28N2S/c1-5-13(6-2)12-18(7-3)15-9-8-10-16(19-4)14(15)11-17/h8-10,13H,5-7,11-12,17H2,1-4H3. The van der Waals surface area contributed by atoms with Crippen molar-refractivity contribution in [2.45, 2.75) is 45.1 Å². The maximum absolute atomic E-state index is 5.98. The Kier molecular flexibility index (Phi) is 7.32. The number of rotatable bonds is 8. The molecule has 0 saturated heterocycles. The number of thioether (sulfide) groups is 1. The Morgan fingerprint density at radius 1 is 1.21 bits per heavy atom. The number of nitrogens with two attached hydrogens (primary N) is 1. The molecule has 0 heterocycles. The molecule has 108 valence electrons. The lowest BCUT2D eigenvalue weighted by Gasteiger charge is -2.30. The van der Waals surface area contributed by atoms with Gasteiger partial charge in [-0.05, 0) is 31.2 Å². The first kappa shape index (κ1) is 16.4. The van der Waals surface area contributed by atoms with E-state index in [4.69, 9.17) is 5.73 Å². The molecule has 2 N–H and O–H groups in total. The van der Waals surface area contributed by atoms with Crippen molar-refractivity contribution in [1.82, 2.24) is 0 Å². The molecule has 2 nitrogen and oxygen atoms in total. The van der Waals surface area contributed by atoms with E-state index in [2.05, 4.69) is 50.1 Å². The van der Waals surface area contributed by atoms with Gasteiger partial charge in [-0.3, -0.25) is 0 Å². The highest BCUT2D eigenvalue weighted by Crippen LogP contribution is 2.30. The van der Waals surface area contributed by atoms with Gasteiger partial charge < -0.3 is 10.6 Å². The van der Waals surface area contributed by atoms with Crippen LogP contribution in [-0.4, -0.2) is 19.3 Å². The molecule has 0 aliphatic rings. The van der Waals surface area contributed by atoms with E-state index in [1.807, 2.05) is 0 Å². The fraction of sp³-hybridized carbons (Fsp3) is 0.625. The van der Waals surface area contributed by atoms with Crippen LogP contribution in [0.3, 0.4) is 0 Å². The highest BCUT2D eigenvalue weighted by atomic mass is 32.2. The molecule has 0 spiro atoms. The Balaban J connectivity index is 3.03. The molecule has 19 heavy (non-hydrogen) atoms. The van der Waals surface area contributed by atoms with Gasteiger partial charge in [0.25, 0.3) is 0 Å². The van der Waals surface area contributed by atoms with Gasteiger partial charge in [-0.15, -0.1) is 11.8 Å². The minimum Gasteiger partial charge on any atom is -0.371 e. The van der Waals surface area contributed by atoms with Crippen LogP contribution in [0.5, 0.6) is 0 Å². The lowest BCUT2D eigenvalue weighted by Crippen LogP contribution is -2.30. The van der Waals surface area contributed by atoms with Crippen LogP contribution in [0.15, 0.2) is 23.1 Å². The van der Waals surface area contributed by atoms with Crippen LogP contribution in [0.4, 0.5) is 5.69 Å². The minimum atomic E-state index is 0.617. The molecule has 3 heteroatoms. The second kappa shape index (κ2) is 8.49. The number of nitrogens with zero attached hydrogens (tertiary/aromatic N) is 1. The van der Waals surface area contributed by atoms with Gasteiger partial charge in [-0.25, -0.2) is 0 Å². The maximum Gasteiger partial charge on any atom is 0.0423 e. The van der Waals surface area contributed by atoms with Gasteiger partial charge in [-0.2, -0.15) is 0 Å². The van der Waals surface area contributed by atoms with Crippen LogP contribution in [0.25, 0.3) is 0 Å². The molecule has 0 atom stereocenters. The molecule has 1 aromatic carbocycles. The largest absolute Gasteiger partial charge is 0.371 e. The highest BCUT2D eigenvalue weighted by molar-refractivity contribution is 7.98. The van der Waals surface area contributed by atoms with E-state index in [0.717, 1.165) is 19.0 Å². The topological polar surface area (TPSA) is 29.3 Å². The van der Waals surface area contributed by atoms with Gasteiger partial charge in [0.2, 0.25) is 0 Å². The van der Waals surface area contributed by atoms with E-state index in [0.29, 0.717) is 6.54 Å². The van der Waals surface area contributed by atoms with E-state index < -0.39 is 0 Å². The molecule has 0 amide bonds. The summed E-state index contributed by atoms with van der Waals surface area (Å²) in [6, 6.07) is 6.53. The average Bonchev–Trinajstić information content (AvgIpc) is 2.47. The van der Waals surface area contributed by atoms with Crippen molar-refractivity contribution in [3.8, 4) is 0 Å². The molecule has 0 aliphatic carbocycles. The maximum atomic E-state index is 5.98. The monoisotopic (exact) mass is 280 g/mol. The van der Waals surface area contributed by atoms with Gasteiger partial charge in [0.1, 0.15) is 0 Å². The van der Waals surface area contributed by atoms with Crippen molar-refractivity contribution < 1.29 is 0 Å². The molecule has 0 fully saturated rings. The van der Waals surface area contributed by atoms with E-state index in [1.54, 1.807) is 11.8 Å². The van der Waals surface area contributed by atoms with Crippen molar-refractivity contribution in [1.29, 1.82) is 0 Å². The summed E-state index contributed by atoms with van der Waals surface area (Å²) in [4.78, 5) is 3.79. The predicted molar refractivity (Wildman–Crippen MR) is 88.1 cm³/mol. The molecule has 1 aromatic rings. The Bertz CT molecular complexity index is 375. The zero-order chi connectivity index (χ0) is 14.3. The number of anilines is 1. The molecular weight excluding hydrogens is 252 g/mol. The summed E-state index contributed by atoms with van der Waals surface area (Å²) in [6.45, 7) is 9.59. The quantitative estimate of drug-likeness (QED) is 0.726. The minimum absolute atomic E-state index is 0.617. The second-order valence-corrected chi connectivity index (χ2v) is 5.73. The first-order chi connectivity index (χ1) is 9.21. The zero-order valence-corrected chi connectivity index (χ0v) is 13.6. The fourth-order valence-electron chi connectivity index (χ4n) is 2.50.